The lowest BCUT2D eigenvalue weighted by molar-refractivity contribution is 0.586. The van der Waals surface area contributed by atoms with Gasteiger partial charge in [0.15, 0.2) is 0 Å². The van der Waals surface area contributed by atoms with Crippen molar-refractivity contribution in [3.05, 3.63) is 65.5 Å². The summed E-state index contributed by atoms with van der Waals surface area (Å²) >= 11 is 1.79. The van der Waals surface area contributed by atoms with Crippen molar-refractivity contribution in [2.24, 2.45) is 0 Å². The van der Waals surface area contributed by atoms with Crippen molar-refractivity contribution in [1.82, 2.24) is 5.32 Å². The van der Waals surface area contributed by atoms with Crippen LogP contribution in [0.3, 0.4) is 0 Å². The highest BCUT2D eigenvalue weighted by Crippen LogP contribution is 2.26. The summed E-state index contributed by atoms with van der Waals surface area (Å²) in [6.07, 6.45) is 0. The smallest absolute Gasteiger partial charge is 0.123 e. The molecule has 0 aliphatic rings. The predicted octanol–water partition coefficient (Wildman–Crippen LogP) is 4.58. The van der Waals surface area contributed by atoms with E-state index < -0.39 is 0 Å². The third kappa shape index (κ3) is 4.09. The van der Waals surface area contributed by atoms with E-state index in [0.717, 1.165) is 23.4 Å². The van der Waals surface area contributed by atoms with Crippen LogP contribution in [0.15, 0.2) is 53.4 Å². The van der Waals surface area contributed by atoms with Crippen molar-refractivity contribution < 1.29 is 4.39 Å². The minimum absolute atomic E-state index is 0.168. The van der Waals surface area contributed by atoms with Crippen LogP contribution in [-0.2, 0) is 0 Å². The molecule has 0 saturated carbocycles. The lowest BCUT2D eigenvalue weighted by Crippen LogP contribution is -2.23. The second-order valence-electron chi connectivity index (χ2n) is 4.74. The van der Waals surface area contributed by atoms with Crippen LogP contribution in [0.4, 0.5) is 4.39 Å². The molecule has 2 rings (SSSR count). The van der Waals surface area contributed by atoms with Crippen molar-refractivity contribution >= 4 is 11.8 Å². The van der Waals surface area contributed by atoms with Gasteiger partial charge < -0.3 is 5.32 Å². The quantitative estimate of drug-likeness (QED) is 0.781. The molecule has 0 radical (unpaired) electrons. The standard InChI is InChI=1S/C17H20FNS/c1-3-19-17(12-20-15-7-5-4-6-8-15)16-11-14(18)10-9-13(16)2/h4-11,17,19H,3,12H2,1-2H3. The molecule has 0 heterocycles. The maximum atomic E-state index is 13.5. The summed E-state index contributed by atoms with van der Waals surface area (Å²) in [4.78, 5) is 1.24. The zero-order valence-corrected chi connectivity index (χ0v) is 12.7. The fraction of sp³-hybridized carbons (Fsp3) is 0.294. The highest BCUT2D eigenvalue weighted by Gasteiger charge is 2.14. The Hall–Kier alpha value is -1.32. The molecule has 0 amide bonds. The van der Waals surface area contributed by atoms with Crippen LogP contribution >= 0.6 is 11.8 Å². The van der Waals surface area contributed by atoms with Gasteiger partial charge in [0.25, 0.3) is 0 Å². The molecule has 0 bridgehead atoms. The largest absolute Gasteiger partial charge is 0.309 e. The fourth-order valence-electron chi connectivity index (χ4n) is 2.19. The highest BCUT2D eigenvalue weighted by molar-refractivity contribution is 7.99. The van der Waals surface area contributed by atoms with Crippen LogP contribution in [0.2, 0.25) is 0 Å². The summed E-state index contributed by atoms with van der Waals surface area (Å²) in [5, 5.41) is 3.45. The molecule has 2 aromatic rings. The van der Waals surface area contributed by atoms with Gasteiger partial charge in [-0.1, -0.05) is 31.2 Å². The molecule has 3 heteroatoms. The summed E-state index contributed by atoms with van der Waals surface area (Å²) in [5.74, 6) is 0.723. The summed E-state index contributed by atoms with van der Waals surface area (Å²) in [6, 6.07) is 15.5. The number of hydrogen-bond acceptors (Lipinski definition) is 2. The first-order valence-corrected chi connectivity index (χ1v) is 7.86. The van der Waals surface area contributed by atoms with Gasteiger partial charge in [0, 0.05) is 16.7 Å². The van der Waals surface area contributed by atoms with Crippen molar-refractivity contribution in [2.45, 2.75) is 24.8 Å². The number of thioether (sulfide) groups is 1. The summed E-state index contributed by atoms with van der Waals surface area (Å²) in [7, 11) is 0. The van der Waals surface area contributed by atoms with Crippen LogP contribution in [0.5, 0.6) is 0 Å². The van der Waals surface area contributed by atoms with Gasteiger partial charge >= 0.3 is 0 Å². The second kappa shape index (κ2) is 7.46. The maximum absolute atomic E-state index is 13.5. The highest BCUT2D eigenvalue weighted by atomic mass is 32.2. The molecule has 1 unspecified atom stereocenters. The summed E-state index contributed by atoms with van der Waals surface area (Å²) in [5.41, 5.74) is 2.18. The molecule has 1 atom stereocenters. The minimum atomic E-state index is -0.168. The van der Waals surface area contributed by atoms with E-state index >= 15 is 0 Å². The number of halogens is 1. The van der Waals surface area contributed by atoms with E-state index in [1.165, 1.54) is 11.0 Å². The lowest BCUT2D eigenvalue weighted by atomic mass is 10.0. The zero-order chi connectivity index (χ0) is 14.4. The first kappa shape index (κ1) is 15.1. The van der Waals surface area contributed by atoms with Gasteiger partial charge in [-0.2, -0.15) is 0 Å². The van der Waals surface area contributed by atoms with E-state index in [9.17, 15) is 4.39 Å². The average Bonchev–Trinajstić information content (AvgIpc) is 2.47. The molecule has 2 aromatic carbocycles. The topological polar surface area (TPSA) is 12.0 Å². The molecular formula is C17H20FNS. The lowest BCUT2D eigenvalue weighted by Gasteiger charge is -2.20. The molecule has 0 aliphatic carbocycles. The summed E-state index contributed by atoms with van der Waals surface area (Å²) in [6.45, 7) is 4.98. The molecule has 0 saturated heterocycles. The van der Waals surface area contributed by atoms with Gasteiger partial charge in [-0.05, 0) is 48.9 Å². The number of rotatable bonds is 6. The van der Waals surface area contributed by atoms with Gasteiger partial charge in [-0.3, -0.25) is 0 Å². The molecule has 0 fully saturated rings. The minimum Gasteiger partial charge on any atom is -0.309 e. The third-order valence-corrected chi connectivity index (χ3v) is 4.33. The Morgan fingerprint density at radius 3 is 2.60 bits per heavy atom. The molecule has 20 heavy (non-hydrogen) atoms. The van der Waals surface area contributed by atoms with Crippen LogP contribution in [0, 0.1) is 12.7 Å². The Bertz CT molecular complexity index is 542. The van der Waals surface area contributed by atoms with E-state index in [-0.39, 0.29) is 11.9 Å². The van der Waals surface area contributed by atoms with Crippen molar-refractivity contribution in [1.29, 1.82) is 0 Å². The van der Waals surface area contributed by atoms with Crippen molar-refractivity contribution in [3.63, 3.8) is 0 Å². The van der Waals surface area contributed by atoms with Gasteiger partial charge in [0.05, 0.1) is 0 Å². The Labute approximate surface area is 124 Å². The van der Waals surface area contributed by atoms with E-state index in [4.69, 9.17) is 0 Å². The van der Waals surface area contributed by atoms with Crippen molar-refractivity contribution in [2.75, 3.05) is 12.3 Å². The third-order valence-electron chi connectivity index (χ3n) is 3.23. The second-order valence-corrected chi connectivity index (χ2v) is 5.83. The maximum Gasteiger partial charge on any atom is 0.123 e. The first-order chi connectivity index (χ1) is 9.70. The Morgan fingerprint density at radius 2 is 1.90 bits per heavy atom. The van der Waals surface area contributed by atoms with Crippen molar-refractivity contribution in [3.8, 4) is 0 Å². The molecule has 0 spiro atoms. The monoisotopic (exact) mass is 289 g/mol. The van der Waals surface area contributed by atoms with Crippen LogP contribution in [0.25, 0.3) is 0 Å². The Morgan fingerprint density at radius 1 is 1.15 bits per heavy atom. The van der Waals surface area contributed by atoms with E-state index in [2.05, 4.69) is 24.4 Å². The zero-order valence-electron chi connectivity index (χ0n) is 11.9. The Balaban J connectivity index is 2.12. The molecule has 1 N–H and O–H groups in total. The number of nitrogens with one attached hydrogen (secondary N) is 1. The summed E-state index contributed by atoms with van der Waals surface area (Å²) < 4.78 is 13.5. The fourth-order valence-corrected chi connectivity index (χ4v) is 3.19. The Kier molecular flexibility index (Phi) is 5.62. The van der Waals surface area contributed by atoms with E-state index in [1.807, 2.05) is 31.2 Å². The molecule has 106 valence electrons. The normalized spacial score (nSPS) is 12.3. The van der Waals surface area contributed by atoms with Gasteiger partial charge in [0.1, 0.15) is 5.82 Å². The van der Waals surface area contributed by atoms with Crippen LogP contribution in [-0.4, -0.2) is 12.3 Å². The first-order valence-electron chi connectivity index (χ1n) is 6.88. The number of benzene rings is 2. The van der Waals surface area contributed by atoms with E-state index in [1.54, 1.807) is 17.8 Å². The van der Waals surface area contributed by atoms with Gasteiger partial charge in [-0.25, -0.2) is 4.39 Å². The number of hydrogen-bond donors (Lipinski definition) is 1. The van der Waals surface area contributed by atoms with E-state index in [0.29, 0.717) is 0 Å². The number of aryl methyl sites for hydroxylation is 1. The average molecular weight is 289 g/mol. The predicted molar refractivity (Wildman–Crippen MR) is 84.7 cm³/mol. The van der Waals surface area contributed by atoms with Gasteiger partial charge in [0.2, 0.25) is 0 Å². The molecule has 0 aliphatic heterocycles. The van der Waals surface area contributed by atoms with Crippen LogP contribution < -0.4 is 5.32 Å². The van der Waals surface area contributed by atoms with Crippen LogP contribution in [0.1, 0.15) is 24.1 Å². The van der Waals surface area contributed by atoms with Gasteiger partial charge in [-0.15, -0.1) is 11.8 Å². The SMILES string of the molecule is CCNC(CSc1ccccc1)c1cc(F)ccc1C. The molecule has 1 nitrogen and oxygen atoms in total. The molecule has 0 aromatic heterocycles. The molecular weight excluding hydrogens is 269 g/mol.